The quantitative estimate of drug-likeness (QED) is 0.700. The van der Waals surface area contributed by atoms with E-state index >= 15 is 0 Å². The van der Waals surface area contributed by atoms with Gasteiger partial charge in [-0.2, -0.15) is 0 Å². The summed E-state index contributed by atoms with van der Waals surface area (Å²) in [4.78, 5) is 0.224. The van der Waals surface area contributed by atoms with Crippen LogP contribution in [0.4, 0.5) is 5.69 Å². The average molecular weight is 270 g/mol. The highest BCUT2D eigenvalue weighted by Crippen LogP contribution is 2.27. The lowest BCUT2D eigenvalue weighted by molar-refractivity contribution is 0.0453. The maximum atomic E-state index is 12.1. The van der Waals surface area contributed by atoms with Crippen LogP contribution in [-0.4, -0.2) is 26.2 Å². The lowest BCUT2D eigenvalue weighted by atomic mass is 9.83. The minimum absolute atomic E-state index is 0.224. The second kappa shape index (κ2) is 4.87. The number of anilines is 1. The van der Waals surface area contributed by atoms with Crippen LogP contribution < -0.4 is 10.5 Å². The first-order chi connectivity index (χ1) is 8.38. The van der Waals surface area contributed by atoms with Crippen LogP contribution in [0.25, 0.3) is 0 Å². The second-order valence-corrected chi connectivity index (χ2v) is 6.60. The van der Waals surface area contributed by atoms with E-state index in [-0.39, 0.29) is 16.9 Å². The van der Waals surface area contributed by atoms with Crippen molar-refractivity contribution in [2.45, 2.75) is 30.8 Å². The standard InChI is InChI=1S/C12H18N2O3S/c1-8-2-3-10(13)6-12(8)18(16,17)14-7-9-4-11(15)5-9/h2-3,6,9,11,14-15H,4-5,7,13H2,1H3. The summed E-state index contributed by atoms with van der Waals surface area (Å²) in [5.41, 5.74) is 6.71. The molecule has 2 rings (SSSR count). The topological polar surface area (TPSA) is 92.4 Å². The lowest BCUT2D eigenvalue weighted by Gasteiger charge is -2.31. The molecule has 0 saturated heterocycles. The van der Waals surface area contributed by atoms with Crippen LogP contribution in [0.2, 0.25) is 0 Å². The molecule has 0 atom stereocenters. The van der Waals surface area contributed by atoms with Crippen molar-refractivity contribution in [3.05, 3.63) is 23.8 Å². The maximum absolute atomic E-state index is 12.1. The molecule has 0 spiro atoms. The minimum Gasteiger partial charge on any atom is -0.399 e. The Morgan fingerprint density at radius 1 is 1.44 bits per heavy atom. The lowest BCUT2D eigenvalue weighted by Crippen LogP contribution is -2.38. The first-order valence-corrected chi connectivity index (χ1v) is 7.40. The SMILES string of the molecule is Cc1ccc(N)cc1S(=O)(=O)NCC1CC(O)C1. The van der Waals surface area contributed by atoms with Crippen LogP contribution in [-0.2, 0) is 10.0 Å². The van der Waals surface area contributed by atoms with Crippen molar-refractivity contribution in [2.24, 2.45) is 5.92 Å². The molecule has 0 aliphatic heterocycles. The third-order valence-corrected chi connectivity index (χ3v) is 4.84. The molecule has 100 valence electrons. The predicted octanol–water partition coefficient (Wildman–Crippen LogP) is 0.626. The number of rotatable bonds is 4. The van der Waals surface area contributed by atoms with E-state index in [0.29, 0.717) is 30.6 Å². The van der Waals surface area contributed by atoms with Gasteiger partial charge in [0.05, 0.1) is 11.0 Å². The average Bonchev–Trinajstić information content (AvgIpc) is 2.26. The van der Waals surface area contributed by atoms with Crippen molar-refractivity contribution in [2.75, 3.05) is 12.3 Å². The molecule has 1 saturated carbocycles. The first-order valence-electron chi connectivity index (χ1n) is 5.92. The molecule has 0 amide bonds. The number of nitrogens with one attached hydrogen (secondary N) is 1. The number of hydrogen-bond acceptors (Lipinski definition) is 4. The van der Waals surface area contributed by atoms with E-state index in [1.165, 1.54) is 6.07 Å². The number of hydrogen-bond donors (Lipinski definition) is 3. The molecule has 0 bridgehead atoms. The Kier molecular flexibility index (Phi) is 3.61. The third-order valence-electron chi connectivity index (χ3n) is 3.27. The molecule has 1 fully saturated rings. The Balaban J connectivity index is 2.08. The monoisotopic (exact) mass is 270 g/mol. The van der Waals surface area contributed by atoms with Gasteiger partial charge in [0.2, 0.25) is 10.0 Å². The van der Waals surface area contributed by atoms with Crippen molar-refractivity contribution in [3.63, 3.8) is 0 Å². The Morgan fingerprint density at radius 2 is 2.11 bits per heavy atom. The van der Waals surface area contributed by atoms with Gasteiger partial charge in [-0.15, -0.1) is 0 Å². The van der Waals surface area contributed by atoms with Gasteiger partial charge in [-0.3, -0.25) is 0 Å². The Bertz CT molecular complexity index is 536. The zero-order valence-corrected chi connectivity index (χ0v) is 11.1. The normalized spacial score (nSPS) is 23.7. The van der Waals surface area contributed by atoms with E-state index in [4.69, 9.17) is 10.8 Å². The third kappa shape index (κ3) is 2.82. The number of aliphatic hydroxyl groups is 1. The number of benzene rings is 1. The van der Waals surface area contributed by atoms with Crippen LogP contribution in [0.15, 0.2) is 23.1 Å². The Hall–Kier alpha value is -1.11. The molecule has 0 unspecified atom stereocenters. The molecule has 5 nitrogen and oxygen atoms in total. The van der Waals surface area contributed by atoms with E-state index in [1.54, 1.807) is 19.1 Å². The predicted molar refractivity (Wildman–Crippen MR) is 69.5 cm³/mol. The molecular weight excluding hydrogens is 252 g/mol. The molecule has 6 heteroatoms. The fourth-order valence-electron chi connectivity index (χ4n) is 2.08. The smallest absolute Gasteiger partial charge is 0.240 e. The molecule has 0 heterocycles. The van der Waals surface area contributed by atoms with Crippen LogP contribution in [0.3, 0.4) is 0 Å². The summed E-state index contributed by atoms with van der Waals surface area (Å²) in [5, 5.41) is 9.15. The van der Waals surface area contributed by atoms with Crippen molar-refractivity contribution in [1.82, 2.24) is 4.72 Å². The van der Waals surface area contributed by atoms with Gasteiger partial charge in [0.1, 0.15) is 0 Å². The van der Waals surface area contributed by atoms with Gasteiger partial charge in [0.25, 0.3) is 0 Å². The highest BCUT2D eigenvalue weighted by atomic mass is 32.2. The first kappa shape index (κ1) is 13.3. The van der Waals surface area contributed by atoms with Crippen molar-refractivity contribution in [1.29, 1.82) is 0 Å². The van der Waals surface area contributed by atoms with E-state index in [9.17, 15) is 8.42 Å². The van der Waals surface area contributed by atoms with Crippen molar-refractivity contribution >= 4 is 15.7 Å². The van der Waals surface area contributed by atoms with Gasteiger partial charge in [-0.05, 0) is 43.4 Å². The van der Waals surface area contributed by atoms with Crippen LogP contribution in [0.1, 0.15) is 18.4 Å². The zero-order chi connectivity index (χ0) is 13.3. The summed E-state index contributed by atoms with van der Waals surface area (Å²) in [7, 11) is -3.51. The summed E-state index contributed by atoms with van der Waals surface area (Å²) in [6.07, 6.45) is 1.06. The van der Waals surface area contributed by atoms with E-state index in [0.717, 1.165) is 0 Å². The van der Waals surface area contributed by atoms with Crippen LogP contribution >= 0.6 is 0 Å². The molecular formula is C12H18N2O3S. The summed E-state index contributed by atoms with van der Waals surface area (Å²) in [5.74, 6) is 0.233. The highest BCUT2D eigenvalue weighted by molar-refractivity contribution is 7.89. The molecule has 0 radical (unpaired) electrons. The number of nitrogen functional groups attached to an aromatic ring is 1. The van der Waals surface area contributed by atoms with Crippen molar-refractivity contribution < 1.29 is 13.5 Å². The van der Waals surface area contributed by atoms with Gasteiger partial charge in [0.15, 0.2) is 0 Å². The Labute approximate surface area is 107 Å². The van der Waals surface area contributed by atoms with Crippen molar-refractivity contribution in [3.8, 4) is 0 Å². The fraction of sp³-hybridized carbons (Fsp3) is 0.500. The molecule has 4 N–H and O–H groups in total. The van der Waals surface area contributed by atoms with Crippen LogP contribution in [0, 0.1) is 12.8 Å². The number of aliphatic hydroxyl groups excluding tert-OH is 1. The Morgan fingerprint density at radius 3 is 2.72 bits per heavy atom. The molecule has 1 aliphatic carbocycles. The van der Waals surface area contributed by atoms with E-state index < -0.39 is 10.0 Å². The van der Waals surface area contributed by atoms with Gasteiger partial charge in [-0.25, -0.2) is 13.1 Å². The fourth-order valence-corrected chi connectivity index (χ4v) is 3.47. The summed E-state index contributed by atoms with van der Waals surface area (Å²) >= 11 is 0. The number of aryl methyl sites for hydroxylation is 1. The molecule has 18 heavy (non-hydrogen) atoms. The highest BCUT2D eigenvalue weighted by Gasteiger charge is 2.28. The van der Waals surface area contributed by atoms with Gasteiger partial charge in [0, 0.05) is 12.2 Å². The minimum atomic E-state index is -3.51. The number of nitrogens with two attached hydrogens (primary N) is 1. The van der Waals surface area contributed by atoms with Gasteiger partial charge < -0.3 is 10.8 Å². The maximum Gasteiger partial charge on any atom is 0.240 e. The molecule has 1 aromatic rings. The van der Waals surface area contributed by atoms with Gasteiger partial charge >= 0.3 is 0 Å². The molecule has 1 aliphatic rings. The molecule has 0 aromatic heterocycles. The van der Waals surface area contributed by atoms with E-state index in [1.807, 2.05) is 0 Å². The zero-order valence-electron chi connectivity index (χ0n) is 10.3. The summed E-state index contributed by atoms with van der Waals surface area (Å²) in [6.45, 7) is 2.11. The van der Waals surface area contributed by atoms with Crippen LogP contribution in [0.5, 0.6) is 0 Å². The largest absolute Gasteiger partial charge is 0.399 e. The second-order valence-electron chi connectivity index (χ2n) is 4.87. The van der Waals surface area contributed by atoms with E-state index in [2.05, 4.69) is 4.72 Å². The van der Waals surface area contributed by atoms with Gasteiger partial charge in [-0.1, -0.05) is 6.07 Å². The summed E-state index contributed by atoms with van der Waals surface area (Å²) < 4.78 is 26.8. The summed E-state index contributed by atoms with van der Waals surface area (Å²) in [6, 6.07) is 4.83. The molecule has 1 aromatic carbocycles. The number of sulfonamides is 1.